The van der Waals surface area contributed by atoms with Gasteiger partial charge in [-0.2, -0.15) is 0 Å². The Kier molecular flexibility index (Phi) is 6.39. The molecule has 4 fully saturated rings. The van der Waals surface area contributed by atoms with E-state index in [0.29, 0.717) is 17.2 Å². The number of carbonyl (C=O) groups excluding carboxylic acids is 1. The first kappa shape index (κ1) is 22.8. The summed E-state index contributed by atoms with van der Waals surface area (Å²) in [5.74, 6) is 4.79. The molecule has 0 aliphatic heterocycles. The van der Waals surface area contributed by atoms with Crippen molar-refractivity contribution >= 4 is 17.7 Å². The third kappa shape index (κ3) is 4.04. The van der Waals surface area contributed by atoms with Crippen molar-refractivity contribution in [2.45, 2.75) is 89.5 Å². The molecule has 4 aliphatic rings. The smallest absolute Gasteiger partial charge is 0.230 e. The lowest BCUT2D eigenvalue weighted by atomic mass is 9.45. The molecule has 0 saturated heterocycles. The number of thioether (sulfide) groups is 1. The van der Waals surface area contributed by atoms with Crippen molar-refractivity contribution in [1.82, 2.24) is 5.32 Å². The van der Waals surface area contributed by atoms with Crippen LogP contribution < -0.4 is 5.32 Å². The van der Waals surface area contributed by atoms with E-state index in [9.17, 15) is 9.90 Å². The molecular weight excluding hydrogens is 414 g/mol. The van der Waals surface area contributed by atoms with Crippen LogP contribution in [0.1, 0.15) is 77.2 Å². The number of hydrogen-bond acceptors (Lipinski definition) is 3. The Morgan fingerprint density at radius 2 is 1.75 bits per heavy atom. The van der Waals surface area contributed by atoms with Crippen molar-refractivity contribution in [3.05, 3.63) is 35.9 Å². The zero-order chi connectivity index (χ0) is 22.3. The van der Waals surface area contributed by atoms with E-state index >= 15 is 0 Å². The predicted octanol–water partition coefficient (Wildman–Crippen LogP) is 5.81. The fraction of sp³-hybridized carbons (Fsp3) is 0.750. The van der Waals surface area contributed by atoms with Crippen molar-refractivity contribution in [2.24, 2.45) is 34.5 Å². The van der Waals surface area contributed by atoms with Crippen molar-refractivity contribution in [1.29, 1.82) is 0 Å². The van der Waals surface area contributed by atoms with Gasteiger partial charge in [-0.25, -0.2) is 0 Å². The summed E-state index contributed by atoms with van der Waals surface area (Å²) in [6.45, 7) is 5.04. The van der Waals surface area contributed by atoms with Gasteiger partial charge in [0.2, 0.25) is 5.91 Å². The van der Waals surface area contributed by atoms with E-state index in [0.717, 1.165) is 48.7 Å². The molecule has 0 bridgehead atoms. The number of carbonyl (C=O) groups is 1. The van der Waals surface area contributed by atoms with Crippen LogP contribution in [0.4, 0.5) is 0 Å². The molecule has 0 radical (unpaired) electrons. The molecule has 32 heavy (non-hydrogen) atoms. The summed E-state index contributed by atoms with van der Waals surface area (Å²) < 4.78 is 0. The number of amides is 1. The Labute approximate surface area is 198 Å². The number of aliphatic hydroxyl groups excluding tert-OH is 1. The maximum absolute atomic E-state index is 12.8. The van der Waals surface area contributed by atoms with Crippen molar-refractivity contribution in [3.8, 4) is 0 Å². The highest BCUT2D eigenvalue weighted by Gasteiger charge is 2.60. The molecule has 8 atom stereocenters. The molecule has 0 unspecified atom stereocenters. The summed E-state index contributed by atoms with van der Waals surface area (Å²) in [5, 5.41) is 13.7. The molecule has 1 aromatic rings. The number of nitrogens with one attached hydrogen (secondary N) is 1. The van der Waals surface area contributed by atoms with E-state index < -0.39 is 0 Å². The third-order valence-electron chi connectivity index (χ3n) is 10.3. The van der Waals surface area contributed by atoms with Gasteiger partial charge < -0.3 is 10.4 Å². The van der Waals surface area contributed by atoms with E-state index in [4.69, 9.17) is 0 Å². The van der Waals surface area contributed by atoms with Crippen LogP contribution in [0.2, 0.25) is 0 Å². The van der Waals surface area contributed by atoms with Crippen LogP contribution >= 0.6 is 11.8 Å². The zero-order valence-electron chi connectivity index (χ0n) is 19.9. The lowest BCUT2D eigenvalue weighted by Crippen LogP contribution is -2.56. The molecule has 1 aromatic carbocycles. The van der Waals surface area contributed by atoms with Crippen LogP contribution in [0.15, 0.2) is 30.3 Å². The normalized spacial score (nSPS) is 43.1. The van der Waals surface area contributed by atoms with Gasteiger partial charge in [0, 0.05) is 11.8 Å². The Bertz CT molecular complexity index is 815. The summed E-state index contributed by atoms with van der Waals surface area (Å²) >= 11 is 1.72. The second-order valence-electron chi connectivity index (χ2n) is 11.8. The molecule has 5 rings (SSSR count). The van der Waals surface area contributed by atoms with E-state index in [1.54, 1.807) is 11.8 Å². The average Bonchev–Trinajstić information content (AvgIpc) is 3.11. The van der Waals surface area contributed by atoms with Crippen molar-refractivity contribution in [3.63, 3.8) is 0 Å². The summed E-state index contributed by atoms with van der Waals surface area (Å²) in [6, 6.07) is 10.8. The molecule has 0 aromatic heterocycles. The van der Waals surface area contributed by atoms with Gasteiger partial charge >= 0.3 is 0 Å². The van der Waals surface area contributed by atoms with Crippen LogP contribution in [0, 0.1) is 34.5 Å². The minimum atomic E-state index is -0.0654. The standard InChI is InChI=1S/C28H41NO2S/c1-27-14-12-21(30)16-20(27)8-9-22-23-10-11-25(28(23,2)15-13-24(22)27)29-26(31)18-32-17-19-6-4-3-5-7-19/h3-7,20-25,30H,8-18H2,1-2H3,(H,29,31)/t20-,21+,22+,23+,24+,25+,27+,28+/m1/s1. The first-order valence-electron chi connectivity index (χ1n) is 13.0. The van der Waals surface area contributed by atoms with Crippen LogP contribution in [0.3, 0.4) is 0 Å². The van der Waals surface area contributed by atoms with E-state index in [2.05, 4.69) is 43.4 Å². The molecule has 0 spiro atoms. The van der Waals surface area contributed by atoms with Gasteiger partial charge in [-0.05, 0) is 97.9 Å². The maximum atomic E-state index is 12.8. The Balaban J connectivity index is 1.20. The second-order valence-corrected chi connectivity index (χ2v) is 12.8. The summed E-state index contributed by atoms with van der Waals surface area (Å²) in [4.78, 5) is 12.8. The SMILES string of the molecule is C[C@]12CC[C@H](O)C[C@H]1CC[C@@H]1[C@@H]2CC[C@]2(C)[C@@H](NC(=O)CSCc3ccccc3)CC[C@@H]12. The van der Waals surface area contributed by atoms with E-state index in [-0.39, 0.29) is 17.4 Å². The summed E-state index contributed by atoms with van der Waals surface area (Å²) in [7, 11) is 0. The highest BCUT2D eigenvalue weighted by Crippen LogP contribution is 2.66. The predicted molar refractivity (Wildman–Crippen MR) is 132 cm³/mol. The minimum Gasteiger partial charge on any atom is -0.393 e. The molecular formula is C28H41NO2S. The Morgan fingerprint density at radius 3 is 2.56 bits per heavy atom. The maximum Gasteiger partial charge on any atom is 0.230 e. The highest BCUT2D eigenvalue weighted by atomic mass is 32.2. The summed E-state index contributed by atoms with van der Waals surface area (Å²) in [5.41, 5.74) is 1.98. The first-order chi connectivity index (χ1) is 15.4. The molecule has 4 heteroatoms. The van der Waals surface area contributed by atoms with Gasteiger partial charge in [0.25, 0.3) is 0 Å². The van der Waals surface area contributed by atoms with Gasteiger partial charge in [-0.1, -0.05) is 44.2 Å². The van der Waals surface area contributed by atoms with Crippen LogP contribution in [-0.2, 0) is 10.5 Å². The van der Waals surface area contributed by atoms with Crippen LogP contribution in [0.25, 0.3) is 0 Å². The molecule has 1 amide bonds. The molecule has 4 saturated carbocycles. The number of benzene rings is 1. The van der Waals surface area contributed by atoms with E-state index in [1.807, 2.05) is 6.07 Å². The average molecular weight is 456 g/mol. The van der Waals surface area contributed by atoms with Crippen molar-refractivity contribution < 1.29 is 9.90 Å². The molecule has 4 aliphatic carbocycles. The number of rotatable bonds is 5. The molecule has 176 valence electrons. The molecule has 2 N–H and O–H groups in total. The lowest BCUT2D eigenvalue weighted by Gasteiger charge is -2.60. The van der Waals surface area contributed by atoms with Gasteiger partial charge in [0.05, 0.1) is 11.9 Å². The molecule has 0 heterocycles. The fourth-order valence-electron chi connectivity index (χ4n) is 8.54. The van der Waals surface area contributed by atoms with Crippen LogP contribution in [0.5, 0.6) is 0 Å². The van der Waals surface area contributed by atoms with Gasteiger partial charge in [-0.15, -0.1) is 11.8 Å². The summed E-state index contributed by atoms with van der Waals surface area (Å²) in [6.07, 6.45) is 10.8. The van der Waals surface area contributed by atoms with E-state index in [1.165, 1.54) is 44.1 Å². The Morgan fingerprint density at radius 1 is 1.00 bits per heavy atom. The topological polar surface area (TPSA) is 49.3 Å². The lowest BCUT2D eigenvalue weighted by molar-refractivity contribution is -0.128. The quantitative estimate of drug-likeness (QED) is 0.589. The Hall–Kier alpha value is -1.00. The third-order valence-corrected chi connectivity index (χ3v) is 11.3. The highest BCUT2D eigenvalue weighted by molar-refractivity contribution is 7.99. The fourth-order valence-corrected chi connectivity index (χ4v) is 9.34. The van der Waals surface area contributed by atoms with Crippen LogP contribution in [-0.4, -0.2) is 28.9 Å². The minimum absolute atomic E-state index is 0.0654. The van der Waals surface area contributed by atoms with Gasteiger partial charge in [0.15, 0.2) is 0 Å². The number of fused-ring (bicyclic) bond motifs is 5. The van der Waals surface area contributed by atoms with Crippen molar-refractivity contribution in [2.75, 3.05) is 5.75 Å². The van der Waals surface area contributed by atoms with Gasteiger partial charge in [-0.3, -0.25) is 4.79 Å². The monoisotopic (exact) mass is 455 g/mol. The number of hydrogen-bond donors (Lipinski definition) is 2. The second kappa shape index (κ2) is 8.98. The zero-order valence-corrected chi connectivity index (χ0v) is 20.7. The largest absolute Gasteiger partial charge is 0.393 e. The molecule has 3 nitrogen and oxygen atoms in total. The van der Waals surface area contributed by atoms with Gasteiger partial charge in [0.1, 0.15) is 0 Å². The number of aliphatic hydroxyl groups is 1. The first-order valence-corrected chi connectivity index (χ1v) is 14.1.